The monoisotopic (exact) mass is 352 g/mol. The third-order valence-corrected chi connectivity index (χ3v) is 5.18. The number of nitrogens with zero attached hydrogens (tertiary/aromatic N) is 2. The number of hydrogen-bond donors (Lipinski definition) is 0. The fourth-order valence-corrected chi connectivity index (χ4v) is 3.57. The zero-order valence-electron chi connectivity index (χ0n) is 13.5. The Bertz CT molecular complexity index is 627. The van der Waals surface area contributed by atoms with E-state index in [9.17, 15) is 4.79 Å². The molecule has 1 aromatic carbocycles. The fraction of sp³-hybridized carbons (Fsp3) is 0.588. The Morgan fingerprint density at radius 2 is 1.75 bits per heavy atom. The van der Waals surface area contributed by atoms with E-state index in [1.807, 2.05) is 11.0 Å². The number of benzene rings is 1. The highest BCUT2D eigenvalue weighted by Crippen LogP contribution is 2.35. The molecular formula is C17H21ClN2O4. The van der Waals surface area contributed by atoms with Gasteiger partial charge in [-0.05, 0) is 11.6 Å². The predicted octanol–water partition coefficient (Wildman–Crippen LogP) is 1.20. The second-order valence-corrected chi connectivity index (χ2v) is 6.77. The van der Waals surface area contributed by atoms with E-state index in [1.165, 1.54) is 0 Å². The van der Waals surface area contributed by atoms with Crippen molar-refractivity contribution in [1.82, 2.24) is 9.80 Å². The van der Waals surface area contributed by atoms with E-state index < -0.39 is 0 Å². The van der Waals surface area contributed by atoms with E-state index in [0.717, 1.165) is 45.0 Å². The van der Waals surface area contributed by atoms with Crippen molar-refractivity contribution in [1.29, 1.82) is 0 Å². The number of hydrogen-bond acceptors (Lipinski definition) is 5. The van der Waals surface area contributed by atoms with Gasteiger partial charge in [0.15, 0.2) is 11.5 Å². The normalized spacial score (nSPS) is 21.5. The van der Waals surface area contributed by atoms with E-state index >= 15 is 0 Å². The van der Waals surface area contributed by atoms with Gasteiger partial charge in [-0.3, -0.25) is 9.69 Å². The van der Waals surface area contributed by atoms with Crippen LogP contribution in [0.4, 0.5) is 0 Å². The Labute approximate surface area is 146 Å². The molecule has 0 radical (unpaired) electrons. The van der Waals surface area contributed by atoms with Crippen molar-refractivity contribution in [2.24, 2.45) is 0 Å². The summed E-state index contributed by atoms with van der Waals surface area (Å²) in [7, 11) is 0. The molecule has 3 aliphatic rings. The van der Waals surface area contributed by atoms with Crippen molar-refractivity contribution in [3.8, 4) is 11.5 Å². The van der Waals surface area contributed by atoms with Crippen LogP contribution in [0.2, 0.25) is 5.02 Å². The average molecular weight is 353 g/mol. The Hall–Kier alpha value is -1.50. The summed E-state index contributed by atoms with van der Waals surface area (Å²) in [5, 5.41) is 0.554. The molecule has 0 atom stereocenters. The quantitative estimate of drug-likeness (QED) is 0.818. The number of carbonyl (C=O) groups is 1. The number of fused-ring (bicyclic) bond motifs is 1. The van der Waals surface area contributed by atoms with E-state index in [2.05, 4.69) is 4.90 Å². The summed E-state index contributed by atoms with van der Waals surface area (Å²) in [4.78, 5) is 16.8. The summed E-state index contributed by atoms with van der Waals surface area (Å²) in [6.45, 7) is 6.13. The van der Waals surface area contributed by atoms with Gasteiger partial charge in [0.05, 0.1) is 19.6 Å². The van der Waals surface area contributed by atoms with Crippen LogP contribution in [0.3, 0.4) is 0 Å². The summed E-state index contributed by atoms with van der Waals surface area (Å²) in [6.07, 6.45) is 0.297. The molecule has 130 valence electrons. The molecule has 0 saturated carbocycles. The lowest BCUT2D eigenvalue weighted by atomic mass is 10.0. The lowest BCUT2D eigenvalue weighted by Gasteiger charge is -2.46. The first-order chi connectivity index (χ1) is 11.7. The highest BCUT2D eigenvalue weighted by Gasteiger charge is 2.35. The molecule has 4 rings (SSSR count). The second-order valence-electron chi connectivity index (χ2n) is 6.36. The molecule has 7 heteroatoms. The first-order valence-electron chi connectivity index (χ1n) is 8.38. The predicted molar refractivity (Wildman–Crippen MR) is 88.9 cm³/mol. The molecule has 2 saturated heterocycles. The first kappa shape index (κ1) is 16.0. The van der Waals surface area contributed by atoms with Crippen LogP contribution in [0.1, 0.15) is 5.56 Å². The number of morpholine rings is 1. The van der Waals surface area contributed by atoms with Gasteiger partial charge in [0.25, 0.3) is 0 Å². The highest BCUT2D eigenvalue weighted by atomic mass is 35.5. The second kappa shape index (κ2) is 6.78. The lowest BCUT2D eigenvalue weighted by Crippen LogP contribution is -2.63. The standard InChI is InChI=1S/C17H21ClN2O4/c18-14-9-16-15(23-5-6-24-16)7-12(14)8-17(21)20-10-13(11-20)19-1-3-22-4-2-19/h7,9,13H,1-6,8,10-11H2. The van der Waals surface area contributed by atoms with E-state index in [4.69, 9.17) is 25.8 Å². The zero-order chi connectivity index (χ0) is 16.5. The lowest BCUT2D eigenvalue weighted by molar-refractivity contribution is -0.139. The number of amides is 1. The molecule has 24 heavy (non-hydrogen) atoms. The Morgan fingerprint density at radius 1 is 1.08 bits per heavy atom. The Balaban J connectivity index is 1.35. The van der Waals surface area contributed by atoms with Gasteiger partial charge < -0.3 is 19.1 Å². The van der Waals surface area contributed by atoms with Crippen LogP contribution in [0.5, 0.6) is 11.5 Å². The molecule has 0 N–H and O–H groups in total. The molecule has 0 unspecified atom stereocenters. The molecule has 6 nitrogen and oxygen atoms in total. The van der Waals surface area contributed by atoms with Crippen LogP contribution < -0.4 is 9.47 Å². The highest BCUT2D eigenvalue weighted by molar-refractivity contribution is 6.31. The maximum atomic E-state index is 12.5. The number of carbonyl (C=O) groups excluding carboxylic acids is 1. The van der Waals surface area contributed by atoms with Gasteiger partial charge in [0.2, 0.25) is 5.91 Å². The molecular weight excluding hydrogens is 332 g/mol. The van der Waals surface area contributed by atoms with Crippen molar-refractivity contribution < 1.29 is 19.0 Å². The summed E-state index contributed by atoms with van der Waals surface area (Å²) >= 11 is 6.29. The minimum atomic E-state index is 0.109. The third-order valence-electron chi connectivity index (χ3n) is 4.83. The maximum Gasteiger partial charge on any atom is 0.227 e. The van der Waals surface area contributed by atoms with Crippen LogP contribution in [0, 0.1) is 0 Å². The zero-order valence-corrected chi connectivity index (χ0v) is 14.3. The van der Waals surface area contributed by atoms with Crippen molar-refractivity contribution in [2.75, 3.05) is 52.6 Å². The van der Waals surface area contributed by atoms with Gasteiger partial charge in [0, 0.05) is 43.3 Å². The van der Waals surface area contributed by atoms with Gasteiger partial charge in [-0.1, -0.05) is 11.6 Å². The molecule has 1 amide bonds. The smallest absolute Gasteiger partial charge is 0.227 e. The first-order valence-corrected chi connectivity index (χ1v) is 8.76. The van der Waals surface area contributed by atoms with E-state index in [-0.39, 0.29) is 5.91 Å². The van der Waals surface area contributed by atoms with Crippen molar-refractivity contribution >= 4 is 17.5 Å². The van der Waals surface area contributed by atoms with Crippen molar-refractivity contribution in [3.63, 3.8) is 0 Å². The van der Waals surface area contributed by atoms with Gasteiger partial charge in [-0.2, -0.15) is 0 Å². The van der Waals surface area contributed by atoms with Gasteiger partial charge in [-0.15, -0.1) is 0 Å². The summed E-state index contributed by atoms with van der Waals surface area (Å²) in [5.74, 6) is 1.43. The van der Waals surface area contributed by atoms with Crippen LogP contribution in [-0.4, -0.2) is 74.4 Å². The van der Waals surface area contributed by atoms with Gasteiger partial charge in [-0.25, -0.2) is 0 Å². The summed E-state index contributed by atoms with van der Waals surface area (Å²) in [5.41, 5.74) is 0.792. The molecule has 0 spiro atoms. The van der Waals surface area contributed by atoms with E-state index in [1.54, 1.807) is 6.07 Å². The Morgan fingerprint density at radius 3 is 2.46 bits per heavy atom. The third kappa shape index (κ3) is 3.18. The minimum absolute atomic E-state index is 0.109. The number of likely N-dealkylation sites (tertiary alicyclic amines) is 1. The molecule has 2 fully saturated rings. The van der Waals surface area contributed by atoms with Crippen LogP contribution >= 0.6 is 11.6 Å². The summed E-state index contributed by atoms with van der Waals surface area (Å²) in [6, 6.07) is 4.04. The molecule has 0 bridgehead atoms. The van der Waals surface area contributed by atoms with Crippen molar-refractivity contribution in [3.05, 3.63) is 22.7 Å². The number of rotatable bonds is 3. The molecule has 3 aliphatic heterocycles. The van der Waals surface area contributed by atoms with E-state index in [0.29, 0.717) is 42.2 Å². The molecule has 3 heterocycles. The molecule has 0 aromatic heterocycles. The average Bonchev–Trinajstić information content (AvgIpc) is 2.55. The van der Waals surface area contributed by atoms with Crippen LogP contribution in [-0.2, 0) is 16.0 Å². The summed E-state index contributed by atoms with van der Waals surface area (Å²) < 4.78 is 16.4. The molecule has 1 aromatic rings. The number of ether oxygens (including phenoxy) is 3. The van der Waals surface area contributed by atoms with Crippen LogP contribution in [0.25, 0.3) is 0 Å². The molecule has 0 aliphatic carbocycles. The minimum Gasteiger partial charge on any atom is -0.486 e. The number of halogens is 1. The van der Waals surface area contributed by atoms with Gasteiger partial charge >= 0.3 is 0 Å². The Kier molecular flexibility index (Phi) is 4.52. The van der Waals surface area contributed by atoms with Crippen molar-refractivity contribution in [2.45, 2.75) is 12.5 Å². The SMILES string of the molecule is O=C(Cc1cc2c(cc1Cl)OCCO2)N1CC(N2CCOCC2)C1. The topological polar surface area (TPSA) is 51.2 Å². The maximum absolute atomic E-state index is 12.5. The van der Waals surface area contributed by atoms with Crippen LogP contribution in [0.15, 0.2) is 12.1 Å². The van der Waals surface area contributed by atoms with Gasteiger partial charge in [0.1, 0.15) is 13.2 Å². The largest absolute Gasteiger partial charge is 0.486 e. The fourth-order valence-electron chi connectivity index (χ4n) is 3.35.